The molecule has 0 heterocycles. The monoisotopic (exact) mass is 262 g/mol. The van der Waals surface area contributed by atoms with Crippen molar-refractivity contribution in [2.75, 3.05) is 6.61 Å². The smallest absolute Gasteiger partial charge is 0.416 e. The summed E-state index contributed by atoms with van der Waals surface area (Å²) in [6, 6.07) is 2.47. The van der Waals surface area contributed by atoms with Crippen molar-refractivity contribution in [3.63, 3.8) is 0 Å². The van der Waals surface area contributed by atoms with Crippen molar-refractivity contribution in [1.29, 1.82) is 0 Å². The molecule has 0 fully saturated rings. The number of hydrogen-bond acceptors (Lipinski definition) is 2. The number of rotatable bonds is 4. The van der Waals surface area contributed by atoms with Crippen molar-refractivity contribution >= 4 is 5.97 Å². The minimum atomic E-state index is -4.60. The van der Waals surface area contributed by atoms with Crippen molar-refractivity contribution in [3.05, 3.63) is 29.3 Å². The van der Waals surface area contributed by atoms with Crippen LogP contribution in [-0.2, 0) is 6.18 Å². The lowest BCUT2D eigenvalue weighted by atomic mass is 10.1. The first-order chi connectivity index (χ1) is 8.20. The molecular formula is C12H13F3O3. The highest BCUT2D eigenvalue weighted by Gasteiger charge is 2.32. The molecule has 0 bridgehead atoms. The first-order valence-electron chi connectivity index (χ1n) is 5.28. The van der Waals surface area contributed by atoms with Gasteiger partial charge in [0.25, 0.3) is 0 Å². The van der Waals surface area contributed by atoms with Gasteiger partial charge in [0.15, 0.2) is 0 Å². The maximum absolute atomic E-state index is 12.6. The Balaban J connectivity index is 3.10. The fourth-order valence-corrected chi connectivity index (χ4v) is 1.23. The highest BCUT2D eigenvalue weighted by molar-refractivity contribution is 5.88. The third kappa shape index (κ3) is 3.94. The molecule has 0 aromatic heterocycles. The third-order valence-electron chi connectivity index (χ3n) is 2.06. The van der Waals surface area contributed by atoms with Crippen LogP contribution in [0.15, 0.2) is 18.2 Å². The van der Waals surface area contributed by atoms with E-state index in [1.807, 2.05) is 13.8 Å². The molecule has 1 rings (SSSR count). The summed E-state index contributed by atoms with van der Waals surface area (Å²) < 4.78 is 42.8. The first kappa shape index (κ1) is 14.3. The van der Waals surface area contributed by atoms with E-state index in [1.54, 1.807) is 0 Å². The summed E-state index contributed by atoms with van der Waals surface area (Å²) in [5.74, 6) is -1.38. The van der Waals surface area contributed by atoms with Gasteiger partial charge >= 0.3 is 12.1 Å². The zero-order chi connectivity index (χ0) is 13.9. The molecule has 6 heteroatoms. The molecule has 0 saturated carbocycles. The second-order valence-electron chi connectivity index (χ2n) is 4.25. The molecule has 1 aromatic rings. The van der Waals surface area contributed by atoms with Crippen LogP contribution in [0, 0.1) is 5.92 Å². The van der Waals surface area contributed by atoms with E-state index in [1.165, 1.54) is 0 Å². The van der Waals surface area contributed by atoms with Crippen molar-refractivity contribution in [1.82, 2.24) is 0 Å². The van der Waals surface area contributed by atoms with Crippen molar-refractivity contribution in [3.8, 4) is 5.75 Å². The zero-order valence-corrected chi connectivity index (χ0v) is 9.91. The molecule has 0 saturated heterocycles. The average molecular weight is 262 g/mol. The number of carbonyl (C=O) groups is 1. The minimum absolute atomic E-state index is 0.0871. The number of ether oxygens (including phenoxy) is 1. The summed E-state index contributed by atoms with van der Waals surface area (Å²) in [4.78, 5) is 10.7. The standard InChI is InChI=1S/C12H13F3O3/c1-7(2)6-18-10-4-8(11(16)17)3-9(5-10)12(13,14)15/h3-5,7H,6H2,1-2H3,(H,16,17). The van der Waals surface area contributed by atoms with Gasteiger partial charge in [-0.2, -0.15) is 13.2 Å². The number of benzene rings is 1. The van der Waals surface area contributed by atoms with E-state index in [0.717, 1.165) is 12.1 Å². The number of carboxylic acids is 1. The van der Waals surface area contributed by atoms with Gasteiger partial charge in [0.05, 0.1) is 17.7 Å². The largest absolute Gasteiger partial charge is 0.493 e. The summed E-state index contributed by atoms with van der Waals surface area (Å²) in [7, 11) is 0. The molecule has 0 radical (unpaired) electrons. The van der Waals surface area contributed by atoms with Gasteiger partial charge in [0.2, 0.25) is 0 Å². The van der Waals surface area contributed by atoms with Gasteiger partial charge in [-0.3, -0.25) is 0 Å². The van der Waals surface area contributed by atoms with E-state index in [4.69, 9.17) is 9.84 Å². The molecule has 1 aromatic carbocycles. The SMILES string of the molecule is CC(C)COc1cc(C(=O)O)cc(C(F)(F)F)c1. The predicted molar refractivity (Wildman–Crippen MR) is 58.7 cm³/mol. The van der Waals surface area contributed by atoms with Gasteiger partial charge in [-0.05, 0) is 24.1 Å². The van der Waals surface area contributed by atoms with Crippen molar-refractivity contribution < 1.29 is 27.8 Å². The number of alkyl halides is 3. The van der Waals surface area contributed by atoms with Gasteiger partial charge in [-0.1, -0.05) is 13.8 Å². The molecule has 1 N–H and O–H groups in total. The van der Waals surface area contributed by atoms with Crippen LogP contribution < -0.4 is 4.74 Å². The van der Waals surface area contributed by atoms with Gasteiger partial charge < -0.3 is 9.84 Å². The lowest BCUT2D eigenvalue weighted by Gasteiger charge is -2.13. The second kappa shape index (κ2) is 5.29. The summed E-state index contributed by atoms with van der Waals surface area (Å²) in [5.41, 5.74) is -1.47. The van der Waals surface area contributed by atoms with Crippen LogP contribution in [0.4, 0.5) is 13.2 Å². The summed E-state index contributed by atoms with van der Waals surface area (Å²) in [5, 5.41) is 8.75. The lowest BCUT2D eigenvalue weighted by Crippen LogP contribution is -2.10. The van der Waals surface area contributed by atoms with Crippen molar-refractivity contribution in [2.45, 2.75) is 20.0 Å². The van der Waals surface area contributed by atoms with Crippen LogP contribution in [0.25, 0.3) is 0 Å². The molecular weight excluding hydrogens is 249 g/mol. The number of hydrogen-bond donors (Lipinski definition) is 1. The summed E-state index contributed by atoms with van der Waals surface area (Å²) in [6.07, 6.45) is -4.60. The zero-order valence-electron chi connectivity index (χ0n) is 9.91. The molecule has 0 aliphatic rings. The Morgan fingerprint density at radius 3 is 2.39 bits per heavy atom. The number of aromatic carboxylic acids is 1. The normalized spacial score (nSPS) is 11.7. The van der Waals surface area contributed by atoms with Gasteiger partial charge in [0.1, 0.15) is 5.75 Å². The molecule has 0 unspecified atom stereocenters. The highest BCUT2D eigenvalue weighted by atomic mass is 19.4. The molecule has 0 spiro atoms. The van der Waals surface area contributed by atoms with Gasteiger partial charge in [-0.25, -0.2) is 4.79 Å². The van der Waals surface area contributed by atoms with Crippen LogP contribution in [0.2, 0.25) is 0 Å². The Morgan fingerprint density at radius 1 is 1.33 bits per heavy atom. The minimum Gasteiger partial charge on any atom is -0.493 e. The molecule has 0 atom stereocenters. The summed E-state index contributed by atoms with van der Waals surface area (Å²) >= 11 is 0. The highest BCUT2D eigenvalue weighted by Crippen LogP contribution is 2.32. The first-order valence-corrected chi connectivity index (χ1v) is 5.28. The van der Waals surface area contributed by atoms with E-state index in [2.05, 4.69) is 0 Å². The Kier molecular flexibility index (Phi) is 4.21. The van der Waals surface area contributed by atoms with Crippen LogP contribution in [0.1, 0.15) is 29.8 Å². The molecule has 18 heavy (non-hydrogen) atoms. The number of halogens is 3. The predicted octanol–water partition coefficient (Wildman–Crippen LogP) is 3.44. The van der Waals surface area contributed by atoms with E-state index in [9.17, 15) is 18.0 Å². The van der Waals surface area contributed by atoms with Gasteiger partial charge in [0, 0.05) is 0 Å². The second-order valence-corrected chi connectivity index (χ2v) is 4.25. The third-order valence-corrected chi connectivity index (χ3v) is 2.06. The van der Waals surface area contributed by atoms with Crippen molar-refractivity contribution in [2.24, 2.45) is 5.92 Å². The number of carboxylic acid groups (broad SMARTS) is 1. The molecule has 3 nitrogen and oxygen atoms in total. The average Bonchev–Trinajstić information content (AvgIpc) is 2.24. The maximum Gasteiger partial charge on any atom is 0.416 e. The van der Waals surface area contributed by atoms with E-state index in [0.29, 0.717) is 6.07 Å². The Bertz CT molecular complexity index is 439. The van der Waals surface area contributed by atoms with Crippen LogP contribution in [0.5, 0.6) is 5.75 Å². The Hall–Kier alpha value is -1.72. The van der Waals surface area contributed by atoms with E-state index >= 15 is 0 Å². The Morgan fingerprint density at radius 2 is 1.94 bits per heavy atom. The Labute approximate surface area is 102 Å². The summed E-state index contributed by atoms with van der Waals surface area (Å²) in [6.45, 7) is 3.90. The molecule has 0 aliphatic carbocycles. The van der Waals surface area contributed by atoms with E-state index < -0.39 is 23.3 Å². The fourth-order valence-electron chi connectivity index (χ4n) is 1.23. The quantitative estimate of drug-likeness (QED) is 0.904. The molecule has 0 aliphatic heterocycles. The molecule has 0 amide bonds. The molecule has 100 valence electrons. The van der Waals surface area contributed by atoms with Crippen LogP contribution in [-0.4, -0.2) is 17.7 Å². The van der Waals surface area contributed by atoms with Crippen LogP contribution in [0.3, 0.4) is 0 Å². The van der Waals surface area contributed by atoms with E-state index in [-0.39, 0.29) is 18.3 Å². The van der Waals surface area contributed by atoms with Gasteiger partial charge in [-0.15, -0.1) is 0 Å². The maximum atomic E-state index is 12.6. The topological polar surface area (TPSA) is 46.5 Å². The lowest BCUT2D eigenvalue weighted by molar-refractivity contribution is -0.137. The fraction of sp³-hybridized carbons (Fsp3) is 0.417. The van der Waals surface area contributed by atoms with Crippen LogP contribution >= 0.6 is 0 Å².